The number of hydrogen-bond donors (Lipinski definition) is 1. The molecule has 1 aliphatic rings. The lowest BCUT2D eigenvalue weighted by Gasteiger charge is -2.23. The van der Waals surface area contributed by atoms with Gasteiger partial charge in [-0.2, -0.15) is 10.4 Å². The number of nitrogens with zero attached hydrogens (tertiary/aromatic N) is 3. The maximum absolute atomic E-state index is 12.4. The molecule has 6 nitrogen and oxygen atoms in total. The highest BCUT2D eigenvalue weighted by Crippen LogP contribution is 2.19. The van der Waals surface area contributed by atoms with Gasteiger partial charge in [0.1, 0.15) is 5.71 Å². The van der Waals surface area contributed by atoms with Crippen LogP contribution in [0.5, 0.6) is 0 Å². The van der Waals surface area contributed by atoms with Gasteiger partial charge in [0.2, 0.25) is 5.91 Å². The molecule has 2 aromatic carbocycles. The molecule has 0 saturated carbocycles. The molecule has 0 radical (unpaired) electrons. The Labute approximate surface area is 145 Å². The van der Waals surface area contributed by atoms with Gasteiger partial charge in [-0.1, -0.05) is 30.3 Å². The summed E-state index contributed by atoms with van der Waals surface area (Å²) in [5, 5.41) is 17.2. The maximum Gasteiger partial charge on any atom is 0.267 e. The zero-order chi connectivity index (χ0) is 17.6. The predicted octanol–water partition coefficient (Wildman–Crippen LogP) is 2.36. The van der Waals surface area contributed by atoms with Crippen LogP contribution in [0.25, 0.3) is 0 Å². The number of benzene rings is 2. The minimum absolute atomic E-state index is 0.135. The van der Waals surface area contributed by atoms with E-state index in [2.05, 4.69) is 16.5 Å². The zero-order valence-corrected chi connectivity index (χ0v) is 13.5. The molecule has 1 heterocycles. The van der Waals surface area contributed by atoms with E-state index in [9.17, 15) is 9.59 Å². The maximum atomic E-state index is 12.4. The van der Waals surface area contributed by atoms with Crippen LogP contribution in [0.2, 0.25) is 0 Å². The molecule has 3 rings (SSSR count). The van der Waals surface area contributed by atoms with Gasteiger partial charge in [0, 0.05) is 19.4 Å². The molecular weight excluding hydrogens is 316 g/mol. The molecule has 0 aromatic heterocycles. The summed E-state index contributed by atoms with van der Waals surface area (Å²) in [4.78, 5) is 24.4. The van der Waals surface area contributed by atoms with E-state index < -0.39 is 0 Å². The predicted molar refractivity (Wildman–Crippen MR) is 93.6 cm³/mol. The van der Waals surface area contributed by atoms with Crippen LogP contribution < -0.4 is 10.3 Å². The Hall–Kier alpha value is -3.46. The second-order valence-corrected chi connectivity index (χ2v) is 5.58. The van der Waals surface area contributed by atoms with Crippen LogP contribution in [-0.4, -0.2) is 17.5 Å². The van der Waals surface area contributed by atoms with E-state index in [1.807, 2.05) is 24.3 Å². The van der Waals surface area contributed by atoms with E-state index in [4.69, 9.17) is 5.26 Å². The summed E-state index contributed by atoms with van der Waals surface area (Å²) >= 11 is 0. The first-order valence-electron chi connectivity index (χ1n) is 7.90. The highest BCUT2D eigenvalue weighted by molar-refractivity contribution is 6.40. The third-order valence-electron chi connectivity index (χ3n) is 3.80. The summed E-state index contributed by atoms with van der Waals surface area (Å²) in [6.07, 6.45) is 0.553. The van der Waals surface area contributed by atoms with Crippen molar-refractivity contribution in [3.63, 3.8) is 0 Å². The fourth-order valence-electron chi connectivity index (χ4n) is 2.52. The number of hydrazone groups is 1. The first-order valence-corrected chi connectivity index (χ1v) is 7.90. The fourth-order valence-corrected chi connectivity index (χ4v) is 2.52. The van der Waals surface area contributed by atoms with Crippen molar-refractivity contribution < 1.29 is 9.59 Å². The molecule has 1 N–H and O–H groups in total. The Bertz CT molecular complexity index is 868. The molecule has 0 aliphatic carbocycles. The SMILES string of the molecule is N#Cc1cccc(CNC(=O)C2=NN(c3ccccc3)C(=O)CC2)c1. The van der Waals surface area contributed by atoms with Crippen LogP contribution in [-0.2, 0) is 16.1 Å². The smallest absolute Gasteiger partial charge is 0.267 e. The normalized spacial score (nSPS) is 13.8. The van der Waals surface area contributed by atoms with Gasteiger partial charge in [0.15, 0.2) is 0 Å². The summed E-state index contributed by atoms with van der Waals surface area (Å²) in [6, 6.07) is 18.1. The molecule has 0 atom stereocenters. The van der Waals surface area contributed by atoms with E-state index in [0.717, 1.165) is 5.56 Å². The van der Waals surface area contributed by atoms with Crippen LogP contribution in [0.1, 0.15) is 24.0 Å². The third-order valence-corrected chi connectivity index (χ3v) is 3.80. The summed E-state index contributed by atoms with van der Waals surface area (Å²) in [7, 11) is 0. The van der Waals surface area contributed by atoms with Gasteiger partial charge in [-0.05, 0) is 29.8 Å². The number of carbonyl (C=O) groups excluding carboxylic acids is 2. The van der Waals surface area contributed by atoms with Crippen LogP contribution in [0, 0.1) is 11.3 Å². The summed E-state index contributed by atoms with van der Waals surface area (Å²) in [5.41, 5.74) is 2.33. The van der Waals surface area contributed by atoms with Crippen LogP contribution >= 0.6 is 0 Å². The molecular formula is C19H16N4O2. The molecule has 0 spiro atoms. The molecule has 6 heteroatoms. The summed E-state index contributed by atoms with van der Waals surface area (Å²) in [5.74, 6) is -0.444. The highest BCUT2D eigenvalue weighted by Gasteiger charge is 2.25. The number of anilines is 1. The fraction of sp³-hybridized carbons (Fsp3) is 0.158. The van der Waals surface area contributed by atoms with E-state index in [-0.39, 0.29) is 18.2 Å². The van der Waals surface area contributed by atoms with E-state index in [1.54, 1.807) is 30.3 Å². The molecule has 0 saturated heterocycles. The first-order chi connectivity index (χ1) is 12.2. The largest absolute Gasteiger partial charge is 0.347 e. The Morgan fingerprint density at radius 2 is 1.96 bits per heavy atom. The number of rotatable bonds is 4. The average molecular weight is 332 g/mol. The Morgan fingerprint density at radius 3 is 2.72 bits per heavy atom. The summed E-state index contributed by atoms with van der Waals surface area (Å²) in [6.45, 7) is 0.298. The lowest BCUT2D eigenvalue weighted by molar-refractivity contribution is -0.119. The van der Waals surface area contributed by atoms with Gasteiger partial charge >= 0.3 is 0 Å². The number of amides is 2. The average Bonchev–Trinajstić information content (AvgIpc) is 2.67. The third kappa shape index (κ3) is 3.90. The highest BCUT2D eigenvalue weighted by atomic mass is 16.2. The van der Waals surface area contributed by atoms with Crippen molar-refractivity contribution in [1.29, 1.82) is 5.26 Å². The van der Waals surface area contributed by atoms with Gasteiger partial charge in [-0.3, -0.25) is 9.59 Å². The van der Waals surface area contributed by atoms with E-state index in [1.165, 1.54) is 5.01 Å². The monoisotopic (exact) mass is 332 g/mol. The second kappa shape index (κ2) is 7.41. The van der Waals surface area contributed by atoms with Gasteiger partial charge in [-0.25, -0.2) is 5.01 Å². The number of carbonyl (C=O) groups is 2. The van der Waals surface area contributed by atoms with Crippen molar-refractivity contribution in [3.8, 4) is 6.07 Å². The Kier molecular flexibility index (Phi) is 4.86. The minimum Gasteiger partial charge on any atom is -0.347 e. The van der Waals surface area contributed by atoms with Crippen molar-refractivity contribution in [3.05, 3.63) is 65.7 Å². The molecule has 25 heavy (non-hydrogen) atoms. The molecule has 0 fully saturated rings. The lowest BCUT2D eigenvalue weighted by atomic mass is 10.1. The molecule has 1 aliphatic heterocycles. The van der Waals surface area contributed by atoms with Gasteiger partial charge in [-0.15, -0.1) is 0 Å². The van der Waals surface area contributed by atoms with E-state index in [0.29, 0.717) is 29.9 Å². The summed E-state index contributed by atoms with van der Waals surface area (Å²) < 4.78 is 0. The number of nitriles is 1. The van der Waals surface area contributed by atoms with Crippen molar-refractivity contribution in [2.75, 3.05) is 5.01 Å². The van der Waals surface area contributed by atoms with Crippen molar-refractivity contribution in [2.45, 2.75) is 19.4 Å². The standard InChI is InChI=1S/C19H16N4O2/c20-12-14-5-4-6-15(11-14)13-21-19(25)17-9-10-18(24)23(22-17)16-7-2-1-3-8-16/h1-8,11H,9-10,13H2,(H,21,25). The van der Waals surface area contributed by atoms with Gasteiger partial charge in [0.05, 0.1) is 17.3 Å². The molecule has 0 bridgehead atoms. The Morgan fingerprint density at radius 1 is 1.16 bits per heavy atom. The molecule has 2 amide bonds. The number of nitrogens with one attached hydrogen (secondary N) is 1. The quantitative estimate of drug-likeness (QED) is 0.932. The van der Waals surface area contributed by atoms with Crippen LogP contribution in [0.15, 0.2) is 59.7 Å². The molecule has 0 unspecified atom stereocenters. The molecule has 124 valence electrons. The lowest BCUT2D eigenvalue weighted by Crippen LogP contribution is -2.38. The van der Waals surface area contributed by atoms with Gasteiger partial charge in [0.25, 0.3) is 5.91 Å². The second-order valence-electron chi connectivity index (χ2n) is 5.58. The van der Waals surface area contributed by atoms with Crippen LogP contribution in [0.3, 0.4) is 0 Å². The minimum atomic E-state index is -0.309. The topological polar surface area (TPSA) is 85.6 Å². The van der Waals surface area contributed by atoms with E-state index >= 15 is 0 Å². The number of hydrogen-bond acceptors (Lipinski definition) is 4. The zero-order valence-electron chi connectivity index (χ0n) is 13.5. The van der Waals surface area contributed by atoms with Crippen molar-refractivity contribution >= 4 is 23.2 Å². The van der Waals surface area contributed by atoms with Crippen molar-refractivity contribution in [1.82, 2.24) is 5.32 Å². The number of para-hydroxylation sites is 1. The van der Waals surface area contributed by atoms with Crippen LogP contribution in [0.4, 0.5) is 5.69 Å². The van der Waals surface area contributed by atoms with Crippen molar-refractivity contribution in [2.24, 2.45) is 5.10 Å². The Balaban J connectivity index is 1.71. The van der Waals surface area contributed by atoms with Gasteiger partial charge < -0.3 is 5.32 Å². The molecule has 2 aromatic rings. The first kappa shape index (κ1) is 16.4.